The van der Waals surface area contributed by atoms with Crippen molar-refractivity contribution in [3.63, 3.8) is 0 Å². The molecule has 4 nitrogen and oxygen atoms in total. The highest BCUT2D eigenvalue weighted by molar-refractivity contribution is 7.00. The highest BCUT2D eigenvalue weighted by Gasteiger charge is 2.13. The average Bonchev–Trinajstić information content (AvgIpc) is 2.98. The van der Waals surface area contributed by atoms with Crippen LogP contribution in [0.2, 0.25) is 10.0 Å². The van der Waals surface area contributed by atoms with Crippen molar-refractivity contribution < 1.29 is 0 Å². The summed E-state index contributed by atoms with van der Waals surface area (Å²) in [6.45, 7) is 0.640. The van der Waals surface area contributed by atoms with Gasteiger partial charge in [-0.3, -0.25) is 0 Å². The number of hydrogen-bond donors (Lipinski definition) is 2. The monoisotopic (exact) mass is 298 g/mol. The van der Waals surface area contributed by atoms with E-state index in [4.69, 9.17) is 23.2 Å². The molecule has 0 bridgehead atoms. The number of benzene rings is 1. The summed E-state index contributed by atoms with van der Waals surface area (Å²) in [6.07, 6.45) is 1.88. The molecule has 3 rings (SSSR count). The lowest BCUT2D eigenvalue weighted by Gasteiger charge is -2.08. The van der Waals surface area contributed by atoms with Crippen LogP contribution in [0.3, 0.4) is 0 Å². The minimum Gasteiger partial charge on any atom is -0.376 e. The maximum Gasteiger partial charge on any atom is 0.130 e. The maximum absolute atomic E-state index is 6.19. The fourth-order valence-corrected chi connectivity index (χ4v) is 2.88. The van der Waals surface area contributed by atoms with Crippen LogP contribution < -0.4 is 5.32 Å². The summed E-state index contributed by atoms with van der Waals surface area (Å²) < 4.78 is 8.39. The number of halogens is 2. The van der Waals surface area contributed by atoms with E-state index in [2.05, 4.69) is 19.0 Å². The molecular weight excluding hydrogens is 291 g/mol. The Kier molecular flexibility index (Phi) is 3.11. The molecule has 1 aromatic carbocycles. The number of fused-ring (bicyclic) bond motifs is 1. The number of nitrogens with zero attached hydrogens (tertiary/aromatic N) is 2. The molecule has 0 amide bonds. The predicted octanol–water partition coefficient (Wildman–Crippen LogP) is 3.94. The number of rotatable bonds is 3. The third-order valence-corrected chi connectivity index (χ3v) is 3.68. The van der Waals surface area contributed by atoms with Crippen LogP contribution in [0, 0.1) is 0 Å². The number of H-pyrrole nitrogens is 1. The first-order valence-corrected chi connectivity index (χ1v) is 6.71. The Labute approximate surface area is 117 Å². The van der Waals surface area contributed by atoms with Gasteiger partial charge in [-0.05, 0) is 18.2 Å². The van der Waals surface area contributed by atoms with E-state index in [9.17, 15) is 0 Å². The summed E-state index contributed by atoms with van der Waals surface area (Å²) in [5.41, 5.74) is 3.22. The van der Waals surface area contributed by atoms with E-state index in [-0.39, 0.29) is 0 Å². The van der Waals surface area contributed by atoms with Crippen LogP contribution in [0.5, 0.6) is 0 Å². The van der Waals surface area contributed by atoms with E-state index >= 15 is 0 Å². The molecule has 0 aliphatic carbocycles. The van der Waals surface area contributed by atoms with Gasteiger partial charge >= 0.3 is 0 Å². The zero-order valence-corrected chi connectivity index (χ0v) is 11.4. The van der Waals surface area contributed by atoms with Gasteiger partial charge in [-0.2, -0.15) is 8.75 Å². The van der Waals surface area contributed by atoms with E-state index in [1.807, 2.05) is 18.3 Å². The molecule has 0 aliphatic rings. The Morgan fingerprint density at radius 2 is 2.06 bits per heavy atom. The number of nitrogens with one attached hydrogen (secondary N) is 2. The lowest BCUT2D eigenvalue weighted by atomic mass is 10.2. The van der Waals surface area contributed by atoms with Gasteiger partial charge in [0.15, 0.2) is 0 Å². The normalized spacial score (nSPS) is 11.0. The quantitative estimate of drug-likeness (QED) is 0.770. The van der Waals surface area contributed by atoms with E-state index < -0.39 is 0 Å². The molecular formula is C11H8Cl2N4S. The van der Waals surface area contributed by atoms with Crippen molar-refractivity contribution >= 4 is 51.7 Å². The van der Waals surface area contributed by atoms with Gasteiger partial charge in [-0.1, -0.05) is 23.2 Å². The highest BCUT2D eigenvalue weighted by Crippen LogP contribution is 2.35. The lowest BCUT2D eigenvalue weighted by Crippen LogP contribution is -2.01. The van der Waals surface area contributed by atoms with Crippen LogP contribution in [0.25, 0.3) is 11.0 Å². The molecule has 0 unspecified atom stereocenters. The van der Waals surface area contributed by atoms with Crippen molar-refractivity contribution in [2.24, 2.45) is 0 Å². The van der Waals surface area contributed by atoms with Crippen molar-refractivity contribution in [3.05, 3.63) is 40.1 Å². The molecule has 0 saturated carbocycles. The van der Waals surface area contributed by atoms with Crippen LogP contribution in [0.15, 0.2) is 24.4 Å². The summed E-state index contributed by atoms with van der Waals surface area (Å²) >= 11 is 13.4. The zero-order chi connectivity index (χ0) is 12.5. The fourth-order valence-electron chi connectivity index (χ4n) is 1.70. The number of hydrogen-bond acceptors (Lipinski definition) is 4. The third-order valence-electron chi connectivity index (χ3n) is 2.56. The van der Waals surface area contributed by atoms with Gasteiger partial charge in [0, 0.05) is 11.9 Å². The SMILES string of the molecule is Clc1cc(Cl)c2nsnc2c1NCc1ccc[nH]1. The molecule has 2 aromatic heterocycles. The summed E-state index contributed by atoms with van der Waals surface area (Å²) in [7, 11) is 0. The van der Waals surface area contributed by atoms with Crippen molar-refractivity contribution in [1.29, 1.82) is 0 Å². The van der Waals surface area contributed by atoms with E-state index in [0.29, 0.717) is 27.6 Å². The first-order valence-electron chi connectivity index (χ1n) is 5.22. The Morgan fingerprint density at radius 3 is 2.83 bits per heavy atom. The van der Waals surface area contributed by atoms with Gasteiger partial charge in [0.25, 0.3) is 0 Å². The van der Waals surface area contributed by atoms with Gasteiger partial charge in [0.1, 0.15) is 11.0 Å². The van der Waals surface area contributed by atoms with Crippen molar-refractivity contribution in [2.45, 2.75) is 6.54 Å². The summed E-state index contributed by atoms with van der Waals surface area (Å²) in [6, 6.07) is 5.62. The largest absolute Gasteiger partial charge is 0.376 e. The molecule has 7 heteroatoms. The molecule has 2 heterocycles. The maximum atomic E-state index is 6.19. The van der Waals surface area contributed by atoms with Crippen molar-refractivity contribution in [3.8, 4) is 0 Å². The highest BCUT2D eigenvalue weighted by atomic mass is 35.5. The van der Waals surface area contributed by atoms with Crippen LogP contribution in [0.4, 0.5) is 5.69 Å². The van der Waals surface area contributed by atoms with Crippen LogP contribution >= 0.6 is 34.9 Å². The van der Waals surface area contributed by atoms with E-state index in [1.165, 1.54) is 0 Å². The Morgan fingerprint density at radius 1 is 1.22 bits per heavy atom. The zero-order valence-electron chi connectivity index (χ0n) is 9.08. The summed E-state index contributed by atoms with van der Waals surface area (Å²) in [5.74, 6) is 0. The standard InChI is InChI=1S/C11H8Cl2N4S/c12-7-4-8(13)10-11(17-18-16-10)9(7)15-5-6-2-1-3-14-6/h1-4,14-15H,5H2. The van der Waals surface area contributed by atoms with Gasteiger partial charge in [0.2, 0.25) is 0 Å². The predicted molar refractivity (Wildman–Crippen MR) is 75.6 cm³/mol. The van der Waals surface area contributed by atoms with Gasteiger partial charge < -0.3 is 10.3 Å². The first-order chi connectivity index (χ1) is 8.75. The van der Waals surface area contributed by atoms with E-state index in [1.54, 1.807) is 6.07 Å². The third kappa shape index (κ3) is 2.05. The van der Waals surface area contributed by atoms with Crippen molar-refractivity contribution in [1.82, 2.24) is 13.7 Å². The molecule has 0 spiro atoms. The molecule has 92 valence electrons. The molecule has 2 N–H and O–H groups in total. The molecule has 3 aromatic rings. The average molecular weight is 299 g/mol. The first kappa shape index (κ1) is 11.8. The van der Waals surface area contributed by atoms with Gasteiger partial charge in [0.05, 0.1) is 34.0 Å². The fraction of sp³-hybridized carbons (Fsp3) is 0.0909. The smallest absolute Gasteiger partial charge is 0.130 e. The van der Waals surface area contributed by atoms with Crippen LogP contribution in [-0.2, 0) is 6.54 Å². The number of aromatic nitrogens is 3. The minimum absolute atomic E-state index is 0.522. The Hall–Kier alpha value is -1.30. The van der Waals surface area contributed by atoms with E-state index in [0.717, 1.165) is 23.1 Å². The molecule has 0 aliphatic heterocycles. The second-order valence-corrected chi connectivity index (χ2v) is 5.07. The Balaban J connectivity index is 1.98. The second-order valence-electron chi connectivity index (χ2n) is 3.73. The summed E-state index contributed by atoms with van der Waals surface area (Å²) in [4.78, 5) is 3.12. The molecule has 0 fully saturated rings. The number of aromatic amines is 1. The second kappa shape index (κ2) is 4.76. The van der Waals surface area contributed by atoms with Crippen LogP contribution in [-0.4, -0.2) is 13.7 Å². The van der Waals surface area contributed by atoms with Gasteiger partial charge in [-0.25, -0.2) is 0 Å². The van der Waals surface area contributed by atoms with Crippen molar-refractivity contribution in [2.75, 3.05) is 5.32 Å². The number of anilines is 1. The Bertz CT molecular complexity index is 678. The molecule has 18 heavy (non-hydrogen) atoms. The van der Waals surface area contributed by atoms with Gasteiger partial charge in [-0.15, -0.1) is 0 Å². The summed E-state index contributed by atoms with van der Waals surface area (Å²) in [5, 5.41) is 4.32. The lowest BCUT2D eigenvalue weighted by molar-refractivity contribution is 1.08. The topological polar surface area (TPSA) is 53.6 Å². The molecule has 0 saturated heterocycles. The van der Waals surface area contributed by atoms with Crippen LogP contribution in [0.1, 0.15) is 5.69 Å². The molecule has 0 atom stereocenters. The molecule has 0 radical (unpaired) electrons. The minimum atomic E-state index is 0.522.